The van der Waals surface area contributed by atoms with E-state index in [0.29, 0.717) is 11.7 Å². The molecule has 0 radical (unpaired) electrons. The molecule has 0 bridgehead atoms. The second-order valence-electron chi connectivity index (χ2n) is 5.72. The van der Waals surface area contributed by atoms with Crippen molar-refractivity contribution in [1.29, 1.82) is 0 Å². The van der Waals surface area contributed by atoms with Gasteiger partial charge in [-0.1, -0.05) is 43.2 Å². The summed E-state index contributed by atoms with van der Waals surface area (Å²) in [7, 11) is 0. The quantitative estimate of drug-likeness (QED) is 0.882. The van der Waals surface area contributed by atoms with Gasteiger partial charge in [-0.05, 0) is 24.3 Å². The maximum absolute atomic E-state index is 11.0. The summed E-state index contributed by atoms with van der Waals surface area (Å²) in [4.78, 5) is 15.5. The van der Waals surface area contributed by atoms with Gasteiger partial charge in [0.15, 0.2) is 5.82 Å². The summed E-state index contributed by atoms with van der Waals surface area (Å²) >= 11 is 0. The van der Waals surface area contributed by atoms with Gasteiger partial charge in [0.05, 0.1) is 6.42 Å². The number of hydrogen-bond acceptors (Lipinski definition) is 3. The molecule has 0 aliphatic heterocycles. The van der Waals surface area contributed by atoms with Crippen LogP contribution in [0.1, 0.15) is 48.8 Å². The lowest BCUT2D eigenvalue weighted by atomic mass is 9.84. The van der Waals surface area contributed by atoms with Crippen molar-refractivity contribution in [2.24, 2.45) is 11.7 Å². The Bertz CT molecular complexity index is 602. The molecule has 2 aromatic rings. The van der Waals surface area contributed by atoms with Crippen molar-refractivity contribution in [1.82, 2.24) is 15.2 Å². The van der Waals surface area contributed by atoms with Gasteiger partial charge in [0, 0.05) is 5.92 Å². The Balaban J connectivity index is 1.91. The predicted octanol–water partition coefficient (Wildman–Crippen LogP) is 2.15. The zero-order chi connectivity index (χ0) is 14.7. The summed E-state index contributed by atoms with van der Waals surface area (Å²) in [6, 6.07) is 10.4. The van der Waals surface area contributed by atoms with Crippen LogP contribution in [0.15, 0.2) is 30.3 Å². The number of carbonyl (C=O) groups excluding carboxylic acids is 1. The van der Waals surface area contributed by atoms with Crippen molar-refractivity contribution in [3.8, 4) is 0 Å². The number of H-pyrrole nitrogens is 1. The zero-order valence-electron chi connectivity index (χ0n) is 12.0. The molecule has 1 fully saturated rings. The molecule has 0 spiro atoms. The Morgan fingerprint density at radius 2 is 2.00 bits per heavy atom. The minimum atomic E-state index is -0.394. The molecule has 110 valence electrons. The smallest absolute Gasteiger partial charge is 0.225 e. The molecule has 1 heterocycles. The minimum absolute atomic E-state index is 0.110. The van der Waals surface area contributed by atoms with Crippen LogP contribution in [0.4, 0.5) is 0 Å². The highest BCUT2D eigenvalue weighted by molar-refractivity contribution is 5.75. The van der Waals surface area contributed by atoms with E-state index in [1.807, 2.05) is 18.2 Å². The van der Waals surface area contributed by atoms with Gasteiger partial charge in [-0.3, -0.25) is 9.89 Å². The molecule has 5 heteroatoms. The summed E-state index contributed by atoms with van der Waals surface area (Å²) < 4.78 is 0. The van der Waals surface area contributed by atoms with Crippen LogP contribution in [0.5, 0.6) is 0 Å². The lowest BCUT2D eigenvalue weighted by Gasteiger charge is -2.21. The van der Waals surface area contributed by atoms with Gasteiger partial charge >= 0.3 is 0 Å². The van der Waals surface area contributed by atoms with Crippen molar-refractivity contribution >= 4 is 5.91 Å². The van der Waals surface area contributed by atoms with E-state index < -0.39 is 5.91 Å². The maximum Gasteiger partial charge on any atom is 0.225 e. The number of primary amides is 1. The van der Waals surface area contributed by atoms with Gasteiger partial charge < -0.3 is 5.73 Å². The molecule has 3 rings (SSSR count). The summed E-state index contributed by atoms with van der Waals surface area (Å²) in [6.07, 6.45) is 5.07. The van der Waals surface area contributed by atoms with Crippen molar-refractivity contribution in [3.63, 3.8) is 0 Å². The van der Waals surface area contributed by atoms with E-state index in [1.54, 1.807) is 0 Å². The van der Waals surface area contributed by atoms with Gasteiger partial charge in [-0.25, -0.2) is 4.98 Å². The number of rotatable bonds is 5. The molecule has 1 atom stereocenters. The minimum Gasteiger partial charge on any atom is -0.369 e. The van der Waals surface area contributed by atoms with Gasteiger partial charge in [-0.15, -0.1) is 0 Å². The third kappa shape index (κ3) is 3.12. The lowest BCUT2D eigenvalue weighted by Crippen LogP contribution is -2.15. The van der Waals surface area contributed by atoms with Crippen LogP contribution < -0.4 is 5.73 Å². The zero-order valence-corrected chi connectivity index (χ0v) is 12.0. The fourth-order valence-corrected chi connectivity index (χ4v) is 3.28. The number of nitrogens with two attached hydrogens (primary N) is 1. The number of carbonyl (C=O) groups is 1. The Morgan fingerprint density at radius 3 is 2.67 bits per heavy atom. The largest absolute Gasteiger partial charge is 0.369 e. The number of aromatic nitrogens is 3. The average molecular weight is 284 g/mol. The Kier molecular flexibility index (Phi) is 3.99. The predicted molar refractivity (Wildman–Crippen MR) is 79.5 cm³/mol. The number of amides is 1. The highest BCUT2D eigenvalue weighted by atomic mass is 16.1. The van der Waals surface area contributed by atoms with Gasteiger partial charge in [0.1, 0.15) is 5.82 Å². The van der Waals surface area contributed by atoms with Crippen LogP contribution >= 0.6 is 0 Å². The number of nitrogens with zero attached hydrogens (tertiary/aromatic N) is 2. The Labute approximate surface area is 124 Å². The molecule has 1 aliphatic rings. The molecular formula is C16H20N4O. The number of nitrogens with one attached hydrogen (secondary N) is 1. The summed E-state index contributed by atoms with van der Waals surface area (Å²) in [5.74, 6) is 1.71. The second kappa shape index (κ2) is 6.08. The van der Waals surface area contributed by atoms with Gasteiger partial charge in [-0.2, -0.15) is 5.10 Å². The number of aromatic amines is 1. The van der Waals surface area contributed by atoms with Crippen LogP contribution in [-0.4, -0.2) is 21.1 Å². The summed E-state index contributed by atoms with van der Waals surface area (Å²) in [5.41, 5.74) is 6.46. The fourth-order valence-electron chi connectivity index (χ4n) is 3.28. The molecule has 1 aromatic heterocycles. The first-order valence-corrected chi connectivity index (χ1v) is 7.48. The molecule has 0 unspecified atom stereocenters. The third-order valence-electron chi connectivity index (χ3n) is 4.20. The molecule has 1 aliphatic carbocycles. The van der Waals surface area contributed by atoms with E-state index in [-0.39, 0.29) is 12.3 Å². The van der Waals surface area contributed by atoms with Crippen LogP contribution in [0.3, 0.4) is 0 Å². The molecule has 3 N–H and O–H groups in total. The Hall–Kier alpha value is -2.17. The van der Waals surface area contributed by atoms with E-state index in [0.717, 1.165) is 5.82 Å². The van der Waals surface area contributed by atoms with E-state index in [9.17, 15) is 4.79 Å². The molecular weight excluding hydrogens is 264 g/mol. The average Bonchev–Trinajstić information content (AvgIpc) is 3.13. The highest BCUT2D eigenvalue weighted by Gasteiger charge is 2.30. The van der Waals surface area contributed by atoms with E-state index >= 15 is 0 Å². The molecule has 5 nitrogen and oxygen atoms in total. The molecule has 0 saturated heterocycles. The number of hydrogen-bond donors (Lipinski definition) is 2. The van der Waals surface area contributed by atoms with Crippen LogP contribution in [0, 0.1) is 5.92 Å². The first-order valence-electron chi connectivity index (χ1n) is 7.48. The van der Waals surface area contributed by atoms with Crippen LogP contribution in [-0.2, 0) is 11.2 Å². The highest BCUT2D eigenvalue weighted by Crippen LogP contribution is 2.40. The molecule has 21 heavy (non-hydrogen) atoms. The molecule has 1 amide bonds. The first-order chi connectivity index (χ1) is 10.2. The first kappa shape index (κ1) is 13.8. The summed E-state index contributed by atoms with van der Waals surface area (Å²) in [6.45, 7) is 0. The van der Waals surface area contributed by atoms with Gasteiger partial charge in [0.25, 0.3) is 0 Å². The topological polar surface area (TPSA) is 84.7 Å². The normalized spacial score (nSPS) is 17.0. The van der Waals surface area contributed by atoms with Gasteiger partial charge in [0.2, 0.25) is 5.91 Å². The van der Waals surface area contributed by atoms with Crippen molar-refractivity contribution in [3.05, 3.63) is 47.5 Å². The Morgan fingerprint density at radius 1 is 1.29 bits per heavy atom. The molecule has 1 aromatic carbocycles. The lowest BCUT2D eigenvalue weighted by molar-refractivity contribution is -0.117. The monoisotopic (exact) mass is 284 g/mol. The van der Waals surface area contributed by atoms with Crippen LogP contribution in [0.25, 0.3) is 0 Å². The van der Waals surface area contributed by atoms with Crippen molar-refractivity contribution in [2.45, 2.75) is 38.0 Å². The van der Waals surface area contributed by atoms with E-state index in [1.165, 1.54) is 31.2 Å². The molecule has 1 saturated carbocycles. The van der Waals surface area contributed by atoms with E-state index in [4.69, 9.17) is 5.73 Å². The second-order valence-corrected chi connectivity index (χ2v) is 5.72. The van der Waals surface area contributed by atoms with Crippen molar-refractivity contribution < 1.29 is 4.79 Å². The summed E-state index contributed by atoms with van der Waals surface area (Å²) in [5, 5.41) is 7.20. The maximum atomic E-state index is 11.0. The standard InChI is InChI=1S/C16H20N4O/c17-13(21)10-14-18-16(20-19-14)15(12-8-4-5-9-12)11-6-2-1-3-7-11/h1-3,6-7,12,15H,4-5,8-10H2,(H2,17,21)(H,18,19,20)/t15-/m1/s1. The SMILES string of the molecule is NC(=O)Cc1nc([C@H](c2ccccc2)C2CCCC2)n[nH]1. The van der Waals surface area contributed by atoms with Crippen LogP contribution in [0.2, 0.25) is 0 Å². The van der Waals surface area contributed by atoms with E-state index in [2.05, 4.69) is 27.3 Å². The number of benzene rings is 1. The fraction of sp³-hybridized carbons (Fsp3) is 0.438. The van der Waals surface area contributed by atoms with Crippen molar-refractivity contribution in [2.75, 3.05) is 0 Å². The third-order valence-corrected chi connectivity index (χ3v) is 4.20.